The molecule has 0 aliphatic heterocycles. The Kier molecular flexibility index (Phi) is 4.84. The molecular formula is C17H12ClFN4S. The molecule has 1 aromatic heterocycles. The van der Waals surface area contributed by atoms with Gasteiger partial charge in [-0.15, -0.1) is 10.2 Å². The zero-order chi connectivity index (χ0) is 17.1. The molecule has 2 aromatic carbocycles. The van der Waals surface area contributed by atoms with Gasteiger partial charge >= 0.3 is 0 Å². The molecule has 3 aromatic rings. The van der Waals surface area contributed by atoms with Crippen LogP contribution in [-0.4, -0.2) is 20.0 Å². The Morgan fingerprint density at radius 2 is 1.88 bits per heavy atom. The Balaban J connectivity index is 2.23. The van der Waals surface area contributed by atoms with Crippen molar-refractivity contribution in [3.8, 4) is 23.1 Å². The Labute approximate surface area is 147 Å². The fraction of sp³-hybridized carbons (Fsp3) is 0.118. The summed E-state index contributed by atoms with van der Waals surface area (Å²) in [5.41, 5.74) is 0.955. The van der Waals surface area contributed by atoms with Crippen LogP contribution in [0.25, 0.3) is 17.1 Å². The van der Waals surface area contributed by atoms with Crippen LogP contribution in [0.15, 0.2) is 53.7 Å². The smallest absolute Gasteiger partial charge is 0.197 e. The lowest BCUT2D eigenvalue weighted by molar-refractivity contribution is 0.613. The summed E-state index contributed by atoms with van der Waals surface area (Å²) in [5.74, 6) is 0.0235. The minimum absolute atomic E-state index is 0.310. The number of hydrogen-bond donors (Lipinski definition) is 0. The third-order valence-corrected chi connectivity index (χ3v) is 4.57. The standard InChI is InChI=1S/C17H12ClFN4S/c1-11(10-20)24-17-22-21-16(12-6-2-3-7-13(12)18)23(17)15-9-5-4-8-14(15)19/h2-9,11H,1H3/t11-/m0/s1. The molecule has 0 bridgehead atoms. The van der Waals surface area contributed by atoms with E-state index in [1.54, 1.807) is 41.8 Å². The van der Waals surface area contributed by atoms with E-state index in [4.69, 9.17) is 16.9 Å². The highest BCUT2D eigenvalue weighted by atomic mass is 35.5. The maximum atomic E-state index is 14.4. The van der Waals surface area contributed by atoms with Crippen LogP contribution in [0.2, 0.25) is 5.02 Å². The summed E-state index contributed by atoms with van der Waals surface area (Å²) < 4.78 is 16.0. The molecule has 0 saturated carbocycles. The first-order chi connectivity index (χ1) is 11.6. The van der Waals surface area contributed by atoms with Crippen LogP contribution in [0.4, 0.5) is 4.39 Å². The summed E-state index contributed by atoms with van der Waals surface area (Å²) in [7, 11) is 0. The van der Waals surface area contributed by atoms with Gasteiger partial charge in [0.15, 0.2) is 11.0 Å². The normalized spacial score (nSPS) is 11.9. The lowest BCUT2D eigenvalue weighted by Gasteiger charge is -2.12. The zero-order valence-corrected chi connectivity index (χ0v) is 14.2. The molecule has 7 heteroatoms. The zero-order valence-electron chi connectivity index (χ0n) is 12.6. The monoisotopic (exact) mass is 358 g/mol. The summed E-state index contributed by atoms with van der Waals surface area (Å²) in [4.78, 5) is 0. The van der Waals surface area contributed by atoms with Crippen molar-refractivity contribution in [1.82, 2.24) is 14.8 Å². The highest BCUT2D eigenvalue weighted by Gasteiger charge is 2.21. The SMILES string of the molecule is C[C@@H](C#N)Sc1nnc(-c2ccccc2Cl)n1-c1ccccc1F. The number of thioether (sulfide) groups is 1. The summed E-state index contributed by atoms with van der Waals surface area (Å²) in [6.45, 7) is 1.75. The van der Waals surface area contributed by atoms with Gasteiger partial charge in [0.2, 0.25) is 0 Å². The lowest BCUT2D eigenvalue weighted by Crippen LogP contribution is -2.04. The molecule has 0 fully saturated rings. The van der Waals surface area contributed by atoms with Gasteiger partial charge in [-0.05, 0) is 31.2 Å². The molecule has 1 heterocycles. The van der Waals surface area contributed by atoms with E-state index in [2.05, 4.69) is 16.3 Å². The molecule has 3 rings (SSSR count). The summed E-state index contributed by atoms with van der Waals surface area (Å²) >= 11 is 7.48. The Morgan fingerprint density at radius 1 is 1.17 bits per heavy atom. The van der Waals surface area contributed by atoms with E-state index in [0.717, 1.165) is 0 Å². The van der Waals surface area contributed by atoms with E-state index in [0.29, 0.717) is 27.3 Å². The molecule has 0 N–H and O–H groups in total. The molecule has 0 saturated heterocycles. The van der Waals surface area contributed by atoms with E-state index in [-0.39, 0.29) is 5.25 Å². The second kappa shape index (κ2) is 7.04. The van der Waals surface area contributed by atoms with Crippen LogP contribution in [-0.2, 0) is 0 Å². The molecule has 0 spiro atoms. The summed E-state index contributed by atoms with van der Waals surface area (Å²) in [6, 6.07) is 15.7. The third-order valence-electron chi connectivity index (χ3n) is 3.31. The predicted octanol–water partition coefficient (Wildman–Crippen LogP) is 4.73. The molecule has 24 heavy (non-hydrogen) atoms. The van der Waals surface area contributed by atoms with E-state index < -0.39 is 5.82 Å². The van der Waals surface area contributed by atoms with Crippen molar-refractivity contribution in [3.63, 3.8) is 0 Å². The Morgan fingerprint density at radius 3 is 2.58 bits per heavy atom. The molecule has 0 aliphatic rings. The van der Waals surface area contributed by atoms with Gasteiger partial charge in [0.25, 0.3) is 0 Å². The highest BCUT2D eigenvalue weighted by molar-refractivity contribution is 8.00. The molecule has 120 valence electrons. The second-order valence-corrected chi connectivity index (χ2v) is 6.68. The topological polar surface area (TPSA) is 54.5 Å². The summed E-state index contributed by atoms with van der Waals surface area (Å²) in [5, 5.41) is 18.0. The van der Waals surface area contributed by atoms with Gasteiger partial charge in [0, 0.05) is 5.56 Å². The van der Waals surface area contributed by atoms with Crippen LogP contribution in [0.5, 0.6) is 0 Å². The van der Waals surface area contributed by atoms with Gasteiger partial charge in [-0.25, -0.2) is 4.39 Å². The average molecular weight is 359 g/mol. The van der Waals surface area contributed by atoms with Gasteiger partial charge in [-0.3, -0.25) is 4.57 Å². The lowest BCUT2D eigenvalue weighted by atomic mass is 10.2. The number of para-hydroxylation sites is 1. The van der Waals surface area contributed by atoms with Crippen molar-refractivity contribution in [3.05, 3.63) is 59.4 Å². The van der Waals surface area contributed by atoms with E-state index in [1.807, 2.05) is 12.1 Å². The molecule has 1 atom stereocenters. The van der Waals surface area contributed by atoms with Crippen LogP contribution in [0.1, 0.15) is 6.92 Å². The van der Waals surface area contributed by atoms with Crippen LogP contribution >= 0.6 is 23.4 Å². The van der Waals surface area contributed by atoms with Crippen molar-refractivity contribution in [1.29, 1.82) is 5.26 Å². The number of nitriles is 1. The van der Waals surface area contributed by atoms with Gasteiger partial charge in [-0.2, -0.15) is 5.26 Å². The largest absolute Gasteiger partial charge is 0.267 e. The van der Waals surface area contributed by atoms with Crippen LogP contribution < -0.4 is 0 Å². The highest BCUT2D eigenvalue weighted by Crippen LogP contribution is 2.33. The van der Waals surface area contributed by atoms with Crippen molar-refractivity contribution in [2.45, 2.75) is 17.3 Å². The Bertz CT molecular complexity index is 919. The van der Waals surface area contributed by atoms with Crippen molar-refractivity contribution < 1.29 is 4.39 Å². The second-order valence-electron chi connectivity index (χ2n) is 4.96. The number of hydrogen-bond acceptors (Lipinski definition) is 4. The first-order valence-corrected chi connectivity index (χ1v) is 8.39. The van der Waals surface area contributed by atoms with Crippen molar-refractivity contribution in [2.24, 2.45) is 0 Å². The van der Waals surface area contributed by atoms with Gasteiger partial charge in [0.05, 0.1) is 22.0 Å². The first kappa shape index (κ1) is 16.5. The van der Waals surface area contributed by atoms with Crippen LogP contribution in [0.3, 0.4) is 0 Å². The maximum absolute atomic E-state index is 14.4. The summed E-state index contributed by atoms with van der Waals surface area (Å²) in [6.07, 6.45) is 0. The molecular weight excluding hydrogens is 347 g/mol. The van der Waals surface area contributed by atoms with E-state index in [9.17, 15) is 4.39 Å². The number of rotatable bonds is 4. The van der Waals surface area contributed by atoms with Crippen LogP contribution in [0, 0.1) is 17.1 Å². The van der Waals surface area contributed by atoms with Gasteiger partial charge in [-0.1, -0.05) is 47.6 Å². The number of aromatic nitrogens is 3. The minimum Gasteiger partial charge on any atom is -0.267 e. The molecule has 4 nitrogen and oxygen atoms in total. The quantitative estimate of drug-likeness (QED) is 0.632. The van der Waals surface area contributed by atoms with Gasteiger partial charge < -0.3 is 0 Å². The number of halogens is 2. The third kappa shape index (κ3) is 3.14. The fourth-order valence-electron chi connectivity index (χ4n) is 2.20. The van der Waals surface area contributed by atoms with Gasteiger partial charge in [0.1, 0.15) is 5.82 Å². The van der Waals surface area contributed by atoms with E-state index in [1.165, 1.54) is 17.8 Å². The fourth-order valence-corrected chi connectivity index (χ4v) is 3.17. The number of nitrogens with zero attached hydrogens (tertiary/aromatic N) is 4. The molecule has 0 radical (unpaired) electrons. The minimum atomic E-state index is -0.405. The average Bonchev–Trinajstić information content (AvgIpc) is 2.98. The van der Waals surface area contributed by atoms with Crippen molar-refractivity contribution >= 4 is 23.4 Å². The Hall–Kier alpha value is -2.36. The first-order valence-electron chi connectivity index (χ1n) is 7.13. The van der Waals surface area contributed by atoms with E-state index >= 15 is 0 Å². The molecule has 0 aliphatic carbocycles. The number of benzene rings is 2. The molecule has 0 unspecified atom stereocenters. The predicted molar refractivity (Wildman–Crippen MR) is 92.7 cm³/mol. The maximum Gasteiger partial charge on any atom is 0.197 e. The van der Waals surface area contributed by atoms with Crippen molar-refractivity contribution in [2.75, 3.05) is 0 Å². The molecule has 0 amide bonds.